The first-order valence-electron chi connectivity index (χ1n) is 6.56. The molecule has 0 aliphatic heterocycles. The molecule has 1 aliphatic rings. The van der Waals surface area contributed by atoms with E-state index in [-0.39, 0.29) is 16.7 Å². The first-order chi connectivity index (χ1) is 8.14. The number of halogens is 1. The molecule has 0 radical (unpaired) electrons. The molecular formula is C13H24ClNO2. The van der Waals surface area contributed by atoms with Crippen LogP contribution in [0, 0.1) is 5.41 Å². The first kappa shape index (κ1) is 14.8. The summed E-state index contributed by atoms with van der Waals surface area (Å²) >= 11 is 6.02. The second-order valence-electron chi connectivity index (χ2n) is 4.94. The Labute approximate surface area is 109 Å². The lowest BCUT2D eigenvalue weighted by Crippen LogP contribution is -2.39. The zero-order chi connectivity index (χ0) is 12.7. The first-order valence-corrected chi connectivity index (χ1v) is 6.99. The molecule has 0 aromatic rings. The summed E-state index contributed by atoms with van der Waals surface area (Å²) in [4.78, 5) is 12.2. The molecule has 0 aromatic carbocycles. The van der Waals surface area contributed by atoms with Gasteiger partial charge in [-0.1, -0.05) is 19.8 Å². The molecule has 1 amide bonds. The Morgan fingerprint density at radius 1 is 1.47 bits per heavy atom. The van der Waals surface area contributed by atoms with Gasteiger partial charge in [-0.05, 0) is 25.7 Å². The van der Waals surface area contributed by atoms with Crippen LogP contribution in [0.5, 0.6) is 0 Å². The van der Waals surface area contributed by atoms with E-state index in [1.807, 2.05) is 0 Å². The number of hydrogen-bond donors (Lipinski definition) is 1. The fourth-order valence-electron chi connectivity index (χ4n) is 2.59. The summed E-state index contributed by atoms with van der Waals surface area (Å²) in [5, 5.41) is 3.01. The van der Waals surface area contributed by atoms with Crippen LogP contribution in [0.2, 0.25) is 0 Å². The van der Waals surface area contributed by atoms with Crippen LogP contribution in [0.15, 0.2) is 0 Å². The van der Waals surface area contributed by atoms with Gasteiger partial charge in [0.15, 0.2) is 0 Å². The number of methoxy groups -OCH3 is 1. The normalized spacial score (nSPS) is 20.2. The molecule has 4 heteroatoms. The summed E-state index contributed by atoms with van der Waals surface area (Å²) in [6, 6.07) is 0. The van der Waals surface area contributed by atoms with Gasteiger partial charge in [-0.3, -0.25) is 4.79 Å². The van der Waals surface area contributed by atoms with Gasteiger partial charge in [-0.2, -0.15) is 0 Å². The monoisotopic (exact) mass is 261 g/mol. The Hall–Kier alpha value is -0.280. The van der Waals surface area contributed by atoms with E-state index in [9.17, 15) is 4.79 Å². The van der Waals surface area contributed by atoms with Crippen molar-refractivity contribution in [3.63, 3.8) is 0 Å². The maximum atomic E-state index is 12.2. The van der Waals surface area contributed by atoms with Crippen molar-refractivity contribution in [1.29, 1.82) is 0 Å². The second kappa shape index (κ2) is 7.22. The van der Waals surface area contributed by atoms with Crippen LogP contribution in [-0.2, 0) is 9.53 Å². The quantitative estimate of drug-likeness (QED) is 0.716. The number of hydrogen-bond acceptors (Lipinski definition) is 2. The third kappa shape index (κ3) is 4.14. The molecule has 1 rings (SSSR count). The smallest absolute Gasteiger partial charge is 0.226 e. The number of rotatable bonds is 7. The van der Waals surface area contributed by atoms with E-state index < -0.39 is 0 Å². The zero-order valence-corrected chi connectivity index (χ0v) is 11.7. The average Bonchev–Trinajstić information content (AvgIpc) is 2.79. The molecule has 100 valence electrons. The fraction of sp³-hybridized carbons (Fsp3) is 0.923. The second-order valence-corrected chi connectivity index (χ2v) is 5.56. The van der Waals surface area contributed by atoms with Crippen LogP contribution in [0.25, 0.3) is 0 Å². The molecule has 1 saturated carbocycles. The zero-order valence-electron chi connectivity index (χ0n) is 10.9. The van der Waals surface area contributed by atoms with Crippen molar-refractivity contribution in [2.45, 2.75) is 50.8 Å². The van der Waals surface area contributed by atoms with Crippen molar-refractivity contribution in [2.24, 2.45) is 5.41 Å². The molecule has 0 bridgehead atoms. The number of carbonyl (C=O) groups excluding carboxylic acids is 1. The number of nitrogens with one attached hydrogen (secondary N) is 1. The molecule has 17 heavy (non-hydrogen) atoms. The number of amides is 1. The highest BCUT2D eigenvalue weighted by atomic mass is 35.5. The van der Waals surface area contributed by atoms with Gasteiger partial charge in [0.25, 0.3) is 0 Å². The predicted molar refractivity (Wildman–Crippen MR) is 70.3 cm³/mol. The van der Waals surface area contributed by atoms with Crippen molar-refractivity contribution >= 4 is 17.5 Å². The molecule has 0 saturated heterocycles. The van der Waals surface area contributed by atoms with Gasteiger partial charge in [0.05, 0.1) is 12.0 Å². The van der Waals surface area contributed by atoms with E-state index in [1.54, 1.807) is 7.11 Å². The standard InChI is InChI=1S/C13H24ClNO2/c1-3-13(7-4-5-8-13)12(16)15-9-6-11(14)10-17-2/h11H,3-10H2,1-2H3,(H,15,16). The molecule has 3 nitrogen and oxygen atoms in total. The van der Waals surface area contributed by atoms with Gasteiger partial charge in [0.1, 0.15) is 0 Å². The van der Waals surface area contributed by atoms with Gasteiger partial charge in [0.2, 0.25) is 5.91 Å². The molecule has 1 fully saturated rings. The molecule has 1 aliphatic carbocycles. The number of carbonyl (C=O) groups is 1. The van der Waals surface area contributed by atoms with Crippen molar-refractivity contribution in [3.05, 3.63) is 0 Å². The van der Waals surface area contributed by atoms with Crippen molar-refractivity contribution in [1.82, 2.24) is 5.32 Å². The SMILES string of the molecule is CCC1(C(=O)NCCC(Cl)COC)CCCC1. The summed E-state index contributed by atoms with van der Waals surface area (Å²) in [5.74, 6) is 0.221. The highest BCUT2D eigenvalue weighted by Crippen LogP contribution is 2.41. The molecule has 0 spiro atoms. The summed E-state index contributed by atoms with van der Waals surface area (Å²) < 4.78 is 4.96. The van der Waals surface area contributed by atoms with Crippen molar-refractivity contribution < 1.29 is 9.53 Å². The van der Waals surface area contributed by atoms with E-state index in [0.717, 1.165) is 25.7 Å². The molecule has 1 N–H and O–H groups in total. The van der Waals surface area contributed by atoms with Crippen LogP contribution >= 0.6 is 11.6 Å². The lowest BCUT2D eigenvalue weighted by molar-refractivity contribution is -0.131. The third-order valence-corrected chi connectivity index (χ3v) is 4.15. The highest BCUT2D eigenvalue weighted by molar-refractivity contribution is 6.20. The molecule has 1 atom stereocenters. The number of ether oxygens (including phenoxy) is 1. The van der Waals surface area contributed by atoms with E-state index in [1.165, 1.54) is 12.8 Å². The largest absolute Gasteiger partial charge is 0.383 e. The topological polar surface area (TPSA) is 38.3 Å². The lowest BCUT2D eigenvalue weighted by atomic mass is 9.82. The molecule has 0 heterocycles. The van der Waals surface area contributed by atoms with Gasteiger partial charge in [-0.25, -0.2) is 0 Å². The summed E-state index contributed by atoms with van der Waals surface area (Å²) in [5.41, 5.74) is -0.0942. The van der Waals surface area contributed by atoms with Crippen molar-refractivity contribution in [2.75, 3.05) is 20.3 Å². The highest BCUT2D eigenvalue weighted by Gasteiger charge is 2.38. The van der Waals surface area contributed by atoms with E-state index >= 15 is 0 Å². The Morgan fingerprint density at radius 2 is 2.12 bits per heavy atom. The van der Waals surface area contributed by atoms with Gasteiger partial charge < -0.3 is 10.1 Å². The minimum absolute atomic E-state index is 0.0125. The molecule has 1 unspecified atom stereocenters. The summed E-state index contributed by atoms with van der Waals surface area (Å²) in [6.07, 6.45) is 6.16. The van der Waals surface area contributed by atoms with Crippen LogP contribution in [-0.4, -0.2) is 31.5 Å². The Morgan fingerprint density at radius 3 is 2.65 bits per heavy atom. The van der Waals surface area contributed by atoms with Gasteiger partial charge >= 0.3 is 0 Å². The van der Waals surface area contributed by atoms with Crippen LogP contribution < -0.4 is 5.32 Å². The predicted octanol–water partition coefficient (Wildman–Crippen LogP) is 2.72. The maximum Gasteiger partial charge on any atom is 0.226 e. The Kier molecular flexibility index (Phi) is 6.28. The third-order valence-electron chi connectivity index (χ3n) is 3.81. The Bertz CT molecular complexity index is 240. The van der Waals surface area contributed by atoms with Crippen LogP contribution in [0.3, 0.4) is 0 Å². The summed E-state index contributed by atoms with van der Waals surface area (Å²) in [7, 11) is 1.64. The summed E-state index contributed by atoms with van der Waals surface area (Å²) in [6.45, 7) is 3.30. The fourth-order valence-corrected chi connectivity index (χ4v) is 2.82. The minimum atomic E-state index is -0.0942. The number of alkyl halides is 1. The van der Waals surface area contributed by atoms with Gasteiger partial charge in [0, 0.05) is 19.1 Å². The minimum Gasteiger partial charge on any atom is -0.383 e. The average molecular weight is 262 g/mol. The molecule has 0 aromatic heterocycles. The van der Waals surface area contributed by atoms with Crippen molar-refractivity contribution in [3.8, 4) is 0 Å². The maximum absolute atomic E-state index is 12.2. The van der Waals surface area contributed by atoms with Crippen LogP contribution in [0.1, 0.15) is 45.4 Å². The van der Waals surface area contributed by atoms with E-state index in [0.29, 0.717) is 13.2 Å². The lowest BCUT2D eigenvalue weighted by Gasteiger charge is -2.26. The van der Waals surface area contributed by atoms with E-state index in [4.69, 9.17) is 16.3 Å². The van der Waals surface area contributed by atoms with Crippen LogP contribution in [0.4, 0.5) is 0 Å². The van der Waals surface area contributed by atoms with Gasteiger partial charge in [-0.15, -0.1) is 11.6 Å². The van der Waals surface area contributed by atoms with E-state index in [2.05, 4.69) is 12.2 Å². The molecular weight excluding hydrogens is 238 g/mol. The Balaban J connectivity index is 2.28.